The number of morpholine rings is 1. The Hall–Kier alpha value is -0.870. The van der Waals surface area contributed by atoms with E-state index >= 15 is 0 Å². The van der Waals surface area contributed by atoms with Gasteiger partial charge in [0, 0.05) is 18.8 Å². The Kier molecular flexibility index (Phi) is 3.84. The third-order valence-corrected chi connectivity index (χ3v) is 3.32. The lowest BCUT2D eigenvalue weighted by molar-refractivity contribution is -0.0597. The first-order chi connectivity index (χ1) is 8.10. The molecule has 0 bridgehead atoms. The van der Waals surface area contributed by atoms with E-state index in [1.54, 1.807) is 12.2 Å². The number of halogens is 1. The van der Waals surface area contributed by atoms with Crippen LogP contribution in [0.3, 0.4) is 0 Å². The Bertz CT molecular complexity index is 330. The zero-order valence-electron chi connectivity index (χ0n) is 10.7. The third-order valence-electron chi connectivity index (χ3n) is 3.32. The summed E-state index contributed by atoms with van der Waals surface area (Å²) in [6.07, 6.45) is 4.40. The molecule has 96 valence electrons. The number of nitrogens with zero attached hydrogens (tertiary/aromatic N) is 1. The highest BCUT2D eigenvalue weighted by molar-refractivity contribution is 5.27. The molecule has 3 unspecified atom stereocenters. The van der Waals surface area contributed by atoms with Crippen molar-refractivity contribution in [3.05, 3.63) is 23.7 Å². The predicted molar refractivity (Wildman–Crippen MR) is 66.3 cm³/mol. The lowest BCUT2D eigenvalue weighted by Crippen LogP contribution is -2.49. The summed E-state index contributed by atoms with van der Waals surface area (Å²) in [7, 11) is 1.92. The molecule has 0 amide bonds. The molecule has 0 aromatic carbocycles. The van der Waals surface area contributed by atoms with Crippen LogP contribution in [0.15, 0.2) is 23.7 Å². The molecule has 0 aromatic heterocycles. The van der Waals surface area contributed by atoms with E-state index in [1.807, 2.05) is 7.05 Å². The fraction of sp³-hybridized carbons (Fsp3) is 0.692. The van der Waals surface area contributed by atoms with Crippen LogP contribution in [0.2, 0.25) is 0 Å². The predicted octanol–water partition coefficient (Wildman–Crippen LogP) is 1.82. The molecule has 17 heavy (non-hydrogen) atoms. The lowest BCUT2D eigenvalue weighted by Gasteiger charge is -2.41. The van der Waals surface area contributed by atoms with Crippen molar-refractivity contribution in [3.63, 3.8) is 0 Å². The van der Waals surface area contributed by atoms with Gasteiger partial charge in [-0.05, 0) is 39.5 Å². The van der Waals surface area contributed by atoms with Gasteiger partial charge in [-0.2, -0.15) is 0 Å². The Morgan fingerprint density at radius 3 is 2.59 bits per heavy atom. The smallest absolute Gasteiger partial charge is 0.121 e. The first kappa shape index (κ1) is 12.6. The summed E-state index contributed by atoms with van der Waals surface area (Å²) < 4.78 is 19.1. The number of likely N-dealkylation sites (N-methyl/N-ethyl adjacent to an activating group) is 1. The van der Waals surface area contributed by atoms with Gasteiger partial charge in [-0.1, -0.05) is 0 Å². The molecule has 1 aliphatic heterocycles. The number of nitrogens with one attached hydrogen (secondary N) is 1. The molecule has 1 N–H and O–H groups in total. The summed E-state index contributed by atoms with van der Waals surface area (Å²) in [5.74, 6) is -0.127. The summed E-state index contributed by atoms with van der Waals surface area (Å²) in [6.45, 7) is 5.79. The SMILES string of the molecule is CNC1CC=C(F)C=C1N1CC(C)OC(C)C1. The van der Waals surface area contributed by atoms with Gasteiger partial charge in [0.05, 0.1) is 18.2 Å². The molecule has 3 atom stereocenters. The van der Waals surface area contributed by atoms with E-state index in [4.69, 9.17) is 4.74 Å². The molecule has 4 heteroatoms. The highest BCUT2D eigenvalue weighted by Gasteiger charge is 2.28. The minimum atomic E-state index is -0.127. The number of hydrogen-bond acceptors (Lipinski definition) is 3. The van der Waals surface area contributed by atoms with Crippen LogP contribution < -0.4 is 5.32 Å². The van der Waals surface area contributed by atoms with Crippen LogP contribution in [-0.2, 0) is 4.74 Å². The molecular formula is C13H21FN2O. The van der Waals surface area contributed by atoms with E-state index in [0.717, 1.165) is 18.8 Å². The van der Waals surface area contributed by atoms with E-state index in [2.05, 4.69) is 24.1 Å². The van der Waals surface area contributed by atoms with Gasteiger partial charge in [0.15, 0.2) is 0 Å². The maximum absolute atomic E-state index is 13.4. The molecule has 1 saturated heterocycles. The van der Waals surface area contributed by atoms with Crippen LogP contribution in [0.4, 0.5) is 4.39 Å². The minimum Gasteiger partial charge on any atom is -0.372 e. The molecule has 0 spiro atoms. The van der Waals surface area contributed by atoms with Crippen LogP contribution >= 0.6 is 0 Å². The van der Waals surface area contributed by atoms with Crippen molar-refractivity contribution in [2.75, 3.05) is 20.1 Å². The summed E-state index contributed by atoms with van der Waals surface area (Å²) in [6, 6.07) is 0.215. The lowest BCUT2D eigenvalue weighted by atomic mass is 10.0. The average molecular weight is 240 g/mol. The van der Waals surface area contributed by atoms with Gasteiger partial charge in [0.1, 0.15) is 5.83 Å². The monoisotopic (exact) mass is 240 g/mol. The number of allylic oxidation sites excluding steroid dienone is 2. The van der Waals surface area contributed by atoms with Gasteiger partial charge in [-0.3, -0.25) is 0 Å². The van der Waals surface area contributed by atoms with Crippen LogP contribution in [0, 0.1) is 0 Å². The van der Waals surface area contributed by atoms with Gasteiger partial charge in [-0.25, -0.2) is 4.39 Å². The molecule has 0 aromatic rings. The second kappa shape index (κ2) is 5.19. The van der Waals surface area contributed by atoms with Crippen LogP contribution in [0.1, 0.15) is 20.3 Å². The summed E-state index contributed by atoms with van der Waals surface area (Å²) in [5.41, 5.74) is 1.05. The van der Waals surface area contributed by atoms with E-state index in [1.165, 1.54) is 0 Å². The van der Waals surface area contributed by atoms with Crippen molar-refractivity contribution < 1.29 is 9.13 Å². The molecule has 1 heterocycles. The van der Waals surface area contributed by atoms with Crippen molar-refractivity contribution >= 4 is 0 Å². The molecule has 3 nitrogen and oxygen atoms in total. The van der Waals surface area contributed by atoms with E-state index in [0.29, 0.717) is 6.42 Å². The summed E-state index contributed by atoms with van der Waals surface area (Å²) in [4.78, 5) is 2.24. The van der Waals surface area contributed by atoms with Crippen molar-refractivity contribution in [2.45, 2.75) is 38.5 Å². The number of hydrogen-bond donors (Lipinski definition) is 1. The van der Waals surface area contributed by atoms with Gasteiger partial charge in [0.2, 0.25) is 0 Å². The Balaban J connectivity index is 2.16. The van der Waals surface area contributed by atoms with Crippen molar-refractivity contribution in [2.24, 2.45) is 0 Å². The van der Waals surface area contributed by atoms with Crippen molar-refractivity contribution in [1.29, 1.82) is 0 Å². The Morgan fingerprint density at radius 2 is 2.00 bits per heavy atom. The van der Waals surface area contributed by atoms with Gasteiger partial charge >= 0.3 is 0 Å². The molecule has 2 aliphatic rings. The molecule has 0 saturated carbocycles. The Morgan fingerprint density at radius 1 is 1.35 bits per heavy atom. The molecule has 1 fully saturated rings. The van der Waals surface area contributed by atoms with E-state index in [9.17, 15) is 4.39 Å². The minimum absolute atomic E-state index is 0.127. The summed E-state index contributed by atoms with van der Waals surface area (Å²) in [5, 5.41) is 3.24. The molecule has 2 rings (SSSR count). The zero-order chi connectivity index (χ0) is 12.4. The normalized spacial score (nSPS) is 34.4. The quantitative estimate of drug-likeness (QED) is 0.797. The summed E-state index contributed by atoms with van der Waals surface area (Å²) >= 11 is 0. The first-order valence-corrected chi connectivity index (χ1v) is 6.25. The Labute approximate surface area is 102 Å². The topological polar surface area (TPSA) is 24.5 Å². The van der Waals surface area contributed by atoms with Crippen molar-refractivity contribution in [1.82, 2.24) is 10.2 Å². The number of ether oxygens (including phenoxy) is 1. The van der Waals surface area contributed by atoms with Gasteiger partial charge < -0.3 is 15.0 Å². The molecular weight excluding hydrogens is 219 g/mol. The fourth-order valence-corrected chi connectivity index (χ4v) is 2.62. The fourth-order valence-electron chi connectivity index (χ4n) is 2.62. The second-order valence-corrected chi connectivity index (χ2v) is 4.90. The van der Waals surface area contributed by atoms with Gasteiger partial charge in [0.25, 0.3) is 0 Å². The van der Waals surface area contributed by atoms with Crippen LogP contribution in [0.25, 0.3) is 0 Å². The van der Waals surface area contributed by atoms with Crippen molar-refractivity contribution in [3.8, 4) is 0 Å². The highest BCUT2D eigenvalue weighted by Crippen LogP contribution is 2.25. The van der Waals surface area contributed by atoms with Gasteiger partial charge in [-0.15, -0.1) is 0 Å². The third kappa shape index (κ3) is 2.87. The zero-order valence-corrected chi connectivity index (χ0v) is 10.7. The standard InChI is InChI=1S/C13H21FN2O/c1-9-7-16(8-10(2)17-9)13-6-11(14)4-5-12(13)15-3/h4,6,9-10,12,15H,5,7-8H2,1-3H3. The largest absolute Gasteiger partial charge is 0.372 e. The average Bonchev–Trinajstić information content (AvgIpc) is 2.27. The highest BCUT2D eigenvalue weighted by atomic mass is 19.1. The van der Waals surface area contributed by atoms with Crippen LogP contribution in [0.5, 0.6) is 0 Å². The first-order valence-electron chi connectivity index (χ1n) is 6.25. The van der Waals surface area contributed by atoms with E-state index < -0.39 is 0 Å². The maximum Gasteiger partial charge on any atom is 0.121 e. The number of rotatable bonds is 2. The molecule has 1 aliphatic carbocycles. The second-order valence-electron chi connectivity index (χ2n) is 4.90. The molecule has 0 radical (unpaired) electrons. The van der Waals surface area contributed by atoms with Crippen LogP contribution in [-0.4, -0.2) is 43.3 Å². The van der Waals surface area contributed by atoms with E-state index in [-0.39, 0.29) is 24.1 Å². The maximum atomic E-state index is 13.4.